The number of benzene rings is 1. The molecule has 1 aromatic carbocycles. The Hall–Kier alpha value is -2.89. The number of anilines is 1. The van der Waals surface area contributed by atoms with E-state index in [4.69, 9.17) is 0 Å². The molecular formula is C20H23N5O. The quantitative estimate of drug-likeness (QED) is 0.786. The van der Waals surface area contributed by atoms with Gasteiger partial charge in [-0.1, -0.05) is 12.1 Å². The Morgan fingerprint density at radius 1 is 1.31 bits per heavy atom. The highest BCUT2D eigenvalue weighted by Crippen LogP contribution is 2.33. The lowest BCUT2D eigenvalue weighted by Gasteiger charge is -2.26. The summed E-state index contributed by atoms with van der Waals surface area (Å²) in [6.45, 7) is 3.08. The molecule has 4 rings (SSSR count). The Kier molecular flexibility index (Phi) is 4.32. The average molecular weight is 349 g/mol. The number of nitrogens with one attached hydrogen (secondary N) is 1. The number of carbonyl (C=O) groups is 1. The Morgan fingerprint density at radius 3 is 3.00 bits per heavy atom. The van der Waals surface area contributed by atoms with Gasteiger partial charge in [0.05, 0.1) is 17.1 Å². The number of hydrogen-bond donors (Lipinski definition) is 1. The molecule has 3 heterocycles. The normalized spacial score (nSPS) is 17.0. The van der Waals surface area contributed by atoms with Crippen molar-refractivity contribution in [2.24, 2.45) is 0 Å². The molecule has 26 heavy (non-hydrogen) atoms. The van der Waals surface area contributed by atoms with Gasteiger partial charge in [-0.05, 0) is 49.6 Å². The topological polar surface area (TPSA) is 63.1 Å². The Bertz CT molecular complexity index is 948. The summed E-state index contributed by atoms with van der Waals surface area (Å²) >= 11 is 0. The fourth-order valence-corrected chi connectivity index (χ4v) is 3.82. The predicted molar refractivity (Wildman–Crippen MR) is 102 cm³/mol. The fraction of sp³-hybridized carbons (Fsp3) is 0.350. The molecule has 6 nitrogen and oxygen atoms in total. The van der Waals surface area contributed by atoms with Crippen LogP contribution in [-0.4, -0.2) is 38.9 Å². The number of nitrogens with zero attached hydrogens (tertiary/aromatic N) is 4. The number of para-hydroxylation sites is 2. The summed E-state index contributed by atoms with van der Waals surface area (Å²) in [5.41, 5.74) is 3.08. The van der Waals surface area contributed by atoms with E-state index in [1.807, 2.05) is 59.8 Å². The molecule has 1 N–H and O–H groups in total. The van der Waals surface area contributed by atoms with Crippen LogP contribution in [0.3, 0.4) is 0 Å². The van der Waals surface area contributed by atoms with Crippen LogP contribution < -0.4 is 5.32 Å². The van der Waals surface area contributed by atoms with E-state index in [-0.39, 0.29) is 11.9 Å². The van der Waals surface area contributed by atoms with Gasteiger partial charge in [0.25, 0.3) is 0 Å². The maximum absolute atomic E-state index is 13.1. The van der Waals surface area contributed by atoms with Crippen LogP contribution in [0.25, 0.3) is 11.0 Å². The molecule has 1 fully saturated rings. The first kappa shape index (κ1) is 16.6. The van der Waals surface area contributed by atoms with Crippen molar-refractivity contribution in [2.45, 2.75) is 32.4 Å². The van der Waals surface area contributed by atoms with Gasteiger partial charge >= 0.3 is 0 Å². The highest BCUT2D eigenvalue weighted by Gasteiger charge is 2.30. The van der Waals surface area contributed by atoms with E-state index in [1.165, 1.54) is 0 Å². The number of pyridine rings is 1. The zero-order chi connectivity index (χ0) is 18.1. The number of hydrogen-bond acceptors (Lipinski definition) is 4. The number of aryl methyl sites for hydroxylation is 1. The smallest absolute Gasteiger partial charge is 0.243 e. The van der Waals surface area contributed by atoms with Crippen molar-refractivity contribution in [1.82, 2.24) is 19.4 Å². The maximum Gasteiger partial charge on any atom is 0.243 e. The lowest BCUT2D eigenvalue weighted by Crippen LogP contribution is -2.33. The van der Waals surface area contributed by atoms with Gasteiger partial charge in [0.1, 0.15) is 18.2 Å². The van der Waals surface area contributed by atoms with Crippen molar-refractivity contribution >= 4 is 22.8 Å². The summed E-state index contributed by atoms with van der Waals surface area (Å²) in [6.07, 6.45) is 3.81. The second-order valence-electron chi connectivity index (χ2n) is 6.70. The average Bonchev–Trinajstić information content (AvgIpc) is 3.27. The van der Waals surface area contributed by atoms with Crippen molar-refractivity contribution < 1.29 is 4.79 Å². The molecule has 1 amide bonds. The minimum absolute atomic E-state index is 0.118. The number of aromatic nitrogens is 3. The molecule has 0 saturated carbocycles. The third-order valence-electron chi connectivity index (χ3n) is 5.14. The van der Waals surface area contributed by atoms with Gasteiger partial charge in [-0.2, -0.15) is 0 Å². The van der Waals surface area contributed by atoms with Crippen LogP contribution in [0.4, 0.5) is 5.82 Å². The summed E-state index contributed by atoms with van der Waals surface area (Å²) in [5, 5.41) is 3.07. The summed E-state index contributed by atoms with van der Waals surface area (Å²) in [6, 6.07) is 12.1. The largest absolute Gasteiger partial charge is 0.373 e. The zero-order valence-electron chi connectivity index (χ0n) is 15.1. The molecule has 1 atom stereocenters. The number of carbonyl (C=O) groups excluding carboxylic acids is 1. The third-order valence-corrected chi connectivity index (χ3v) is 5.14. The van der Waals surface area contributed by atoms with E-state index in [1.54, 1.807) is 6.20 Å². The van der Waals surface area contributed by atoms with Crippen molar-refractivity contribution in [3.63, 3.8) is 0 Å². The number of likely N-dealkylation sites (tertiary alicyclic amines) is 1. The van der Waals surface area contributed by atoms with E-state index in [2.05, 4.69) is 15.3 Å². The standard InChI is InChI=1S/C20H23N5O/c1-14-23-16-6-3-4-7-18(16)25(14)13-20(26)24-11-5-8-17(24)15-9-10-22-19(12-15)21-2/h3-4,6-7,9-10,12,17H,5,8,11,13H2,1-2H3,(H,21,22)/t17-/m0/s1. The molecule has 0 spiro atoms. The fourth-order valence-electron chi connectivity index (χ4n) is 3.82. The first-order valence-corrected chi connectivity index (χ1v) is 9.02. The predicted octanol–water partition coefficient (Wildman–Crippen LogP) is 3.15. The Balaban J connectivity index is 1.59. The van der Waals surface area contributed by atoms with Crippen molar-refractivity contribution in [2.75, 3.05) is 18.9 Å². The van der Waals surface area contributed by atoms with Gasteiger partial charge in [-0.15, -0.1) is 0 Å². The van der Waals surface area contributed by atoms with Gasteiger partial charge in [0.15, 0.2) is 0 Å². The molecule has 1 aliphatic rings. The molecule has 3 aromatic rings. The molecule has 2 aromatic heterocycles. The molecule has 1 saturated heterocycles. The van der Waals surface area contributed by atoms with Crippen LogP contribution >= 0.6 is 0 Å². The molecule has 134 valence electrons. The highest BCUT2D eigenvalue weighted by molar-refractivity contribution is 5.81. The molecule has 0 aliphatic carbocycles. The third kappa shape index (κ3) is 2.92. The lowest BCUT2D eigenvalue weighted by atomic mass is 10.1. The first-order valence-electron chi connectivity index (χ1n) is 9.02. The van der Waals surface area contributed by atoms with Crippen molar-refractivity contribution in [1.29, 1.82) is 0 Å². The van der Waals surface area contributed by atoms with Gasteiger partial charge in [0, 0.05) is 19.8 Å². The van der Waals surface area contributed by atoms with E-state index in [9.17, 15) is 4.79 Å². The summed E-state index contributed by atoms with van der Waals surface area (Å²) in [4.78, 5) is 23.9. The van der Waals surface area contributed by atoms with Crippen LogP contribution in [0, 0.1) is 6.92 Å². The van der Waals surface area contributed by atoms with Crippen LogP contribution in [-0.2, 0) is 11.3 Å². The Morgan fingerprint density at radius 2 is 2.15 bits per heavy atom. The van der Waals surface area contributed by atoms with Crippen LogP contribution in [0.1, 0.15) is 30.3 Å². The Labute approximate surface area is 152 Å². The van der Waals surface area contributed by atoms with Gasteiger partial charge in [0.2, 0.25) is 5.91 Å². The second-order valence-corrected chi connectivity index (χ2v) is 6.70. The minimum Gasteiger partial charge on any atom is -0.373 e. The van der Waals surface area contributed by atoms with E-state index in [0.717, 1.165) is 47.6 Å². The number of amides is 1. The molecular weight excluding hydrogens is 326 g/mol. The zero-order valence-corrected chi connectivity index (χ0v) is 15.1. The minimum atomic E-state index is 0.118. The van der Waals surface area contributed by atoms with Crippen LogP contribution in [0.5, 0.6) is 0 Å². The van der Waals surface area contributed by atoms with E-state index >= 15 is 0 Å². The SMILES string of the molecule is CNc1cc([C@@H]2CCCN2C(=O)Cn2c(C)nc3ccccc32)ccn1. The summed E-state index contributed by atoms with van der Waals surface area (Å²) in [7, 11) is 1.86. The maximum atomic E-state index is 13.1. The molecule has 1 aliphatic heterocycles. The number of fused-ring (bicyclic) bond motifs is 1. The van der Waals surface area contributed by atoms with Crippen LogP contribution in [0.2, 0.25) is 0 Å². The summed E-state index contributed by atoms with van der Waals surface area (Å²) < 4.78 is 2.01. The summed E-state index contributed by atoms with van der Waals surface area (Å²) in [5.74, 6) is 1.84. The van der Waals surface area contributed by atoms with Gasteiger partial charge in [-0.3, -0.25) is 4.79 Å². The first-order chi connectivity index (χ1) is 12.7. The van der Waals surface area contributed by atoms with E-state index in [0.29, 0.717) is 6.54 Å². The van der Waals surface area contributed by atoms with Crippen molar-refractivity contribution in [3.05, 3.63) is 54.0 Å². The van der Waals surface area contributed by atoms with E-state index < -0.39 is 0 Å². The monoisotopic (exact) mass is 349 g/mol. The number of rotatable bonds is 4. The molecule has 0 unspecified atom stereocenters. The van der Waals surface area contributed by atoms with Crippen LogP contribution in [0.15, 0.2) is 42.6 Å². The second kappa shape index (κ2) is 6.78. The lowest BCUT2D eigenvalue weighted by molar-refractivity contribution is -0.132. The molecule has 6 heteroatoms. The molecule has 0 radical (unpaired) electrons. The molecule has 0 bridgehead atoms. The van der Waals surface area contributed by atoms with Crippen molar-refractivity contribution in [3.8, 4) is 0 Å². The highest BCUT2D eigenvalue weighted by atomic mass is 16.2. The van der Waals surface area contributed by atoms with Gasteiger partial charge in [-0.25, -0.2) is 9.97 Å². The van der Waals surface area contributed by atoms with Gasteiger partial charge < -0.3 is 14.8 Å². The number of imidazole rings is 1.